The number of nitrogens with zero attached hydrogens (tertiary/aromatic N) is 2. The Morgan fingerprint density at radius 3 is 2.46 bits per heavy atom. The number of carboxylic acids is 1. The van der Waals surface area contributed by atoms with Crippen LogP contribution >= 0.6 is 0 Å². The van der Waals surface area contributed by atoms with E-state index in [9.17, 15) is 18.3 Å². The molecule has 0 unspecified atom stereocenters. The average Bonchev–Trinajstić information content (AvgIpc) is 2.90. The van der Waals surface area contributed by atoms with Gasteiger partial charge in [0, 0.05) is 31.6 Å². The normalized spacial score (nSPS) is 19.9. The van der Waals surface area contributed by atoms with Crippen LogP contribution in [0.25, 0.3) is 11.1 Å². The molecule has 1 aliphatic rings. The summed E-state index contributed by atoms with van der Waals surface area (Å²) in [5.74, 6) is -0.852. The van der Waals surface area contributed by atoms with Gasteiger partial charge in [-0.2, -0.15) is 4.31 Å². The molecule has 3 atom stereocenters. The Labute approximate surface area is 230 Å². The number of rotatable bonds is 8. The van der Waals surface area contributed by atoms with Gasteiger partial charge in [0.15, 0.2) is 0 Å². The van der Waals surface area contributed by atoms with Crippen LogP contribution in [0.3, 0.4) is 0 Å². The van der Waals surface area contributed by atoms with Crippen molar-refractivity contribution in [3.8, 4) is 16.9 Å². The third-order valence-electron chi connectivity index (χ3n) is 7.27. The number of likely N-dealkylation sites (N-methyl/N-ethyl adjacent to an activating group) is 1. The summed E-state index contributed by atoms with van der Waals surface area (Å²) < 4.78 is 35.4. The molecule has 208 valence electrons. The number of sulfonamides is 1. The van der Waals surface area contributed by atoms with E-state index in [1.54, 1.807) is 49.4 Å². The van der Waals surface area contributed by atoms with Gasteiger partial charge in [0.25, 0.3) is 0 Å². The zero-order valence-corrected chi connectivity index (χ0v) is 23.6. The fourth-order valence-corrected chi connectivity index (χ4v) is 6.77. The molecule has 1 aliphatic heterocycles. The number of aliphatic hydroxyl groups is 1. The SMILES string of the molecule is Cc1ccccc1-c1ccc2c(c1)O[C@H](CN(C)Cc1ccc(C(=O)O)cc1)[C@H](C)CN([C@@H](C)CO)S2(=O)=O. The Hall–Kier alpha value is -3.24. The largest absolute Gasteiger partial charge is 0.487 e. The van der Waals surface area contributed by atoms with Gasteiger partial charge in [0.05, 0.1) is 12.2 Å². The highest BCUT2D eigenvalue weighted by Crippen LogP contribution is 2.37. The highest BCUT2D eigenvalue weighted by Gasteiger charge is 2.38. The molecule has 4 rings (SSSR count). The second-order valence-corrected chi connectivity index (χ2v) is 12.3. The Balaban J connectivity index is 1.69. The van der Waals surface area contributed by atoms with Crippen LogP contribution in [-0.4, -0.2) is 72.7 Å². The van der Waals surface area contributed by atoms with E-state index in [-0.39, 0.29) is 35.6 Å². The fourth-order valence-electron chi connectivity index (χ4n) is 4.94. The Kier molecular flexibility index (Phi) is 8.76. The van der Waals surface area contributed by atoms with E-state index in [4.69, 9.17) is 9.84 Å². The van der Waals surface area contributed by atoms with Crippen molar-refractivity contribution in [1.82, 2.24) is 9.21 Å². The molecule has 0 spiro atoms. The van der Waals surface area contributed by atoms with E-state index < -0.39 is 22.0 Å². The number of hydrogen-bond acceptors (Lipinski definition) is 6. The molecule has 9 heteroatoms. The lowest BCUT2D eigenvalue weighted by atomic mass is 10.00. The molecule has 0 aliphatic carbocycles. The van der Waals surface area contributed by atoms with E-state index in [1.807, 2.05) is 45.2 Å². The van der Waals surface area contributed by atoms with E-state index in [0.717, 1.165) is 22.3 Å². The summed E-state index contributed by atoms with van der Waals surface area (Å²) in [4.78, 5) is 13.3. The van der Waals surface area contributed by atoms with Crippen LogP contribution in [0, 0.1) is 12.8 Å². The Bertz CT molecular complexity index is 1420. The minimum Gasteiger partial charge on any atom is -0.487 e. The Morgan fingerprint density at radius 1 is 1.13 bits per heavy atom. The lowest BCUT2D eigenvalue weighted by Gasteiger charge is -2.37. The first-order chi connectivity index (χ1) is 18.5. The molecule has 0 bridgehead atoms. The van der Waals surface area contributed by atoms with Gasteiger partial charge in [-0.25, -0.2) is 13.2 Å². The molecule has 0 saturated carbocycles. The van der Waals surface area contributed by atoms with Gasteiger partial charge < -0.3 is 14.9 Å². The van der Waals surface area contributed by atoms with E-state index in [0.29, 0.717) is 18.8 Å². The molecule has 0 amide bonds. The smallest absolute Gasteiger partial charge is 0.335 e. The van der Waals surface area contributed by atoms with Gasteiger partial charge in [-0.15, -0.1) is 0 Å². The number of carbonyl (C=O) groups is 1. The molecule has 3 aromatic rings. The number of hydrogen-bond donors (Lipinski definition) is 2. The third kappa shape index (κ3) is 6.33. The van der Waals surface area contributed by atoms with Crippen molar-refractivity contribution in [2.45, 2.75) is 44.4 Å². The van der Waals surface area contributed by atoms with Crippen LogP contribution < -0.4 is 4.74 Å². The first-order valence-corrected chi connectivity index (χ1v) is 14.5. The number of aliphatic hydroxyl groups excluding tert-OH is 1. The Morgan fingerprint density at radius 2 is 1.82 bits per heavy atom. The van der Waals surface area contributed by atoms with Crippen LogP contribution in [0.2, 0.25) is 0 Å². The summed E-state index contributed by atoms with van der Waals surface area (Å²) in [6, 6.07) is 19.3. The predicted molar refractivity (Wildman–Crippen MR) is 150 cm³/mol. The van der Waals surface area contributed by atoms with Crippen molar-refractivity contribution in [3.05, 3.63) is 83.4 Å². The highest BCUT2D eigenvalue weighted by atomic mass is 32.2. The molecular weight excluding hydrogens is 516 g/mol. The van der Waals surface area contributed by atoms with Gasteiger partial charge in [0.1, 0.15) is 16.7 Å². The molecule has 0 fully saturated rings. The van der Waals surface area contributed by atoms with Crippen molar-refractivity contribution in [2.24, 2.45) is 5.92 Å². The fraction of sp³-hybridized carbons (Fsp3) is 0.367. The molecule has 1 heterocycles. The predicted octanol–water partition coefficient (Wildman–Crippen LogP) is 4.26. The number of benzene rings is 3. The summed E-state index contributed by atoms with van der Waals surface area (Å²) in [5, 5.41) is 19.1. The maximum atomic E-state index is 13.8. The standard InChI is InChI=1S/C30H36N2O6S/c1-20-7-5-6-8-26(20)25-13-14-29-27(15-25)38-28(21(2)16-32(22(3)19-33)39(29,36)37)18-31(4)17-23-9-11-24(12-10-23)30(34)35/h5-15,21-22,28,33H,16-19H2,1-4H3,(H,34,35)/t21-,22+,28-/m1/s1. The molecule has 2 N–H and O–H groups in total. The van der Waals surface area contributed by atoms with Crippen molar-refractivity contribution in [1.29, 1.82) is 0 Å². The van der Waals surface area contributed by atoms with Crippen molar-refractivity contribution < 1.29 is 28.2 Å². The van der Waals surface area contributed by atoms with Gasteiger partial charge in [-0.3, -0.25) is 4.90 Å². The summed E-state index contributed by atoms with van der Waals surface area (Å²) in [6.07, 6.45) is -0.344. The van der Waals surface area contributed by atoms with Gasteiger partial charge >= 0.3 is 5.97 Å². The zero-order valence-electron chi connectivity index (χ0n) is 22.7. The lowest BCUT2D eigenvalue weighted by molar-refractivity contribution is 0.0697. The highest BCUT2D eigenvalue weighted by molar-refractivity contribution is 7.89. The minimum atomic E-state index is -3.92. The molecular formula is C30H36N2O6S. The summed E-state index contributed by atoms with van der Waals surface area (Å²) >= 11 is 0. The maximum absolute atomic E-state index is 13.8. The number of ether oxygens (including phenoxy) is 1. The van der Waals surface area contributed by atoms with Crippen molar-refractivity contribution in [2.75, 3.05) is 26.7 Å². The quantitative estimate of drug-likeness (QED) is 0.430. The van der Waals surface area contributed by atoms with Crippen LogP contribution in [0.5, 0.6) is 5.75 Å². The maximum Gasteiger partial charge on any atom is 0.335 e. The lowest BCUT2D eigenvalue weighted by Crippen LogP contribution is -2.49. The first-order valence-electron chi connectivity index (χ1n) is 13.0. The average molecular weight is 553 g/mol. The molecule has 0 saturated heterocycles. The first kappa shape index (κ1) is 28.8. The topological polar surface area (TPSA) is 107 Å². The second kappa shape index (κ2) is 11.9. The van der Waals surface area contributed by atoms with Crippen LogP contribution in [0.4, 0.5) is 0 Å². The van der Waals surface area contributed by atoms with Crippen molar-refractivity contribution in [3.63, 3.8) is 0 Å². The number of carboxylic acid groups (broad SMARTS) is 1. The minimum absolute atomic E-state index is 0.0870. The second-order valence-electron chi connectivity index (χ2n) is 10.4. The number of aromatic carboxylic acids is 1. The molecule has 0 radical (unpaired) electrons. The van der Waals surface area contributed by atoms with Crippen LogP contribution in [0.1, 0.15) is 35.3 Å². The third-order valence-corrected chi connectivity index (χ3v) is 9.29. The van der Waals surface area contributed by atoms with Crippen LogP contribution in [-0.2, 0) is 16.6 Å². The van der Waals surface area contributed by atoms with Crippen LogP contribution in [0.15, 0.2) is 71.6 Å². The molecule has 8 nitrogen and oxygen atoms in total. The van der Waals surface area contributed by atoms with Gasteiger partial charge in [-0.05, 0) is 67.4 Å². The number of aryl methyl sites for hydroxylation is 1. The molecule has 39 heavy (non-hydrogen) atoms. The summed E-state index contributed by atoms with van der Waals surface area (Å²) in [6.45, 7) is 6.67. The monoisotopic (exact) mass is 552 g/mol. The van der Waals surface area contributed by atoms with E-state index in [2.05, 4.69) is 4.90 Å². The van der Waals surface area contributed by atoms with E-state index in [1.165, 1.54) is 4.31 Å². The van der Waals surface area contributed by atoms with Gasteiger partial charge in [0.2, 0.25) is 10.0 Å². The van der Waals surface area contributed by atoms with Gasteiger partial charge in [-0.1, -0.05) is 49.4 Å². The number of fused-ring (bicyclic) bond motifs is 1. The van der Waals surface area contributed by atoms with Crippen molar-refractivity contribution >= 4 is 16.0 Å². The zero-order chi connectivity index (χ0) is 28.3. The summed E-state index contributed by atoms with van der Waals surface area (Å²) in [7, 11) is -1.97. The molecule has 3 aromatic carbocycles. The molecule has 0 aromatic heterocycles. The summed E-state index contributed by atoms with van der Waals surface area (Å²) in [5.41, 5.74) is 4.12. The van der Waals surface area contributed by atoms with E-state index >= 15 is 0 Å².